The van der Waals surface area contributed by atoms with Gasteiger partial charge in [0.2, 0.25) is 15.9 Å². The van der Waals surface area contributed by atoms with Crippen molar-refractivity contribution >= 4 is 21.9 Å². The van der Waals surface area contributed by atoms with Gasteiger partial charge in [0.25, 0.3) is 0 Å². The summed E-state index contributed by atoms with van der Waals surface area (Å²) in [5.74, 6) is -1.75. The van der Waals surface area contributed by atoms with Crippen molar-refractivity contribution in [2.24, 2.45) is 0 Å². The zero-order valence-corrected chi connectivity index (χ0v) is 15.6. The Labute approximate surface area is 157 Å². The maximum atomic E-state index is 13.3. The molecule has 2 fully saturated rings. The number of benzene rings is 1. The third-order valence-corrected chi connectivity index (χ3v) is 6.91. The number of hydrogen-bond donors (Lipinski definition) is 1. The summed E-state index contributed by atoms with van der Waals surface area (Å²) >= 11 is 0. The van der Waals surface area contributed by atoms with Crippen LogP contribution in [0.3, 0.4) is 0 Å². The van der Waals surface area contributed by atoms with E-state index in [1.165, 1.54) is 22.5 Å². The number of piperazine rings is 1. The smallest absolute Gasteiger partial charge is 0.320 e. The van der Waals surface area contributed by atoms with E-state index in [4.69, 9.17) is 0 Å². The van der Waals surface area contributed by atoms with Gasteiger partial charge in [-0.3, -0.25) is 14.5 Å². The number of amides is 1. The Morgan fingerprint density at radius 3 is 2.48 bits per heavy atom. The molecular weight excluding hydrogens is 377 g/mol. The first kappa shape index (κ1) is 19.7. The van der Waals surface area contributed by atoms with E-state index in [2.05, 4.69) is 0 Å². The van der Waals surface area contributed by atoms with E-state index >= 15 is 0 Å². The molecule has 2 aliphatic heterocycles. The Kier molecular flexibility index (Phi) is 5.78. The minimum absolute atomic E-state index is 0.0214. The molecule has 148 valence electrons. The summed E-state index contributed by atoms with van der Waals surface area (Å²) in [6.07, 6.45) is 1.27. The third-order valence-electron chi connectivity index (χ3n) is 5.01. The lowest BCUT2D eigenvalue weighted by molar-refractivity contribution is -0.143. The lowest BCUT2D eigenvalue weighted by Gasteiger charge is -2.35. The van der Waals surface area contributed by atoms with Crippen LogP contribution < -0.4 is 0 Å². The van der Waals surface area contributed by atoms with E-state index in [0.717, 1.165) is 12.5 Å². The summed E-state index contributed by atoms with van der Waals surface area (Å²) in [5, 5.41) is 9.19. The van der Waals surface area contributed by atoms with Gasteiger partial charge in [-0.2, -0.15) is 4.31 Å². The summed E-state index contributed by atoms with van der Waals surface area (Å²) in [4.78, 5) is 26.8. The van der Waals surface area contributed by atoms with Gasteiger partial charge in [-0.15, -0.1) is 0 Å². The standard InChI is InChI=1S/C17H22FN3O5S/c18-13-3-1-4-14(11-13)27(25,26)21-9-7-19(8-10-21)16(22)12-20-6-2-5-15(20)17(23)24/h1,3-4,11,15H,2,5-10,12H2,(H,23,24). The van der Waals surface area contributed by atoms with Crippen LogP contribution in [0.25, 0.3) is 0 Å². The van der Waals surface area contributed by atoms with Gasteiger partial charge >= 0.3 is 5.97 Å². The molecule has 27 heavy (non-hydrogen) atoms. The third kappa shape index (κ3) is 4.28. The van der Waals surface area contributed by atoms with Crippen molar-refractivity contribution in [2.45, 2.75) is 23.8 Å². The molecule has 1 aromatic carbocycles. The van der Waals surface area contributed by atoms with Crippen LogP contribution in [0.1, 0.15) is 12.8 Å². The molecular formula is C17H22FN3O5S. The Morgan fingerprint density at radius 1 is 1.15 bits per heavy atom. The molecule has 1 unspecified atom stereocenters. The Bertz CT molecular complexity index is 824. The zero-order chi connectivity index (χ0) is 19.6. The minimum atomic E-state index is -3.81. The molecule has 1 amide bonds. The first-order chi connectivity index (χ1) is 12.8. The van der Waals surface area contributed by atoms with Gasteiger partial charge in [0, 0.05) is 26.2 Å². The quantitative estimate of drug-likeness (QED) is 0.760. The summed E-state index contributed by atoms with van der Waals surface area (Å²) in [5.41, 5.74) is 0. The van der Waals surface area contributed by atoms with Crippen LogP contribution in [-0.4, -0.2) is 84.8 Å². The molecule has 0 aromatic heterocycles. The van der Waals surface area contributed by atoms with Crippen molar-refractivity contribution in [3.05, 3.63) is 30.1 Å². The van der Waals surface area contributed by atoms with Gasteiger partial charge in [0.05, 0.1) is 11.4 Å². The second-order valence-corrected chi connectivity index (χ2v) is 8.65. The van der Waals surface area contributed by atoms with Gasteiger partial charge in [-0.1, -0.05) is 6.07 Å². The number of sulfonamides is 1. The van der Waals surface area contributed by atoms with Crippen LogP contribution in [0.5, 0.6) is 0 Å². The van der Waals surface area contributed by atoms with Crippen LogP contribution >= 0.6 is 0 Å². The SMILES string of the molecule is O=C(O)C1CCCN1CC(=O)N1CCN(S(=O)(=O)c2cccc(F)c2)CC1. The molecule has 0 bridgehead atoms. The maximum absolute atomic E-state index is 13.3. The molecule has 10 heteroatoms. The van der Waals surface area contributed by atoms with E-state index < -0.39 is 27.9 Å². The lowest BCUT2D eigenvalue weighted by atomic mass is 10.2. The van der Waals surface area contributed by atoms with E-state index in [9.17, 15) is 27.5 Å². The maximum Gasteiger partial charge on any atom is 0.320 e. The summed E-state index contributed by atoms with van der Waals surface area (Å²) in [6, 6.07) is 4.21. The largest absolute Gasteiger partial charge is 0.480 e. The van der Waals surface area contributed by atoms with Gasteiger partial charge < -0.3 is 10.0 Å². The first-order valence-corrected chi connectivity index (χ1v) is 10.2. The Balaban J connectivity index is 1.58. The molecule has 1 N–H and O–H groups in total. The van der Waals surface area contributed by atoms with Gasteiger partial charge in [-0.25, -0.2) is 12.8 Å². The normalized spacial score (nSPS) is 22.1. The molecule has 1 aromatic rings. The molecule has 1 atom stereocenters. The average Bonchev–Trinajstić information content (AvgIpc) is 3.10. The van der Waals surface area contributed by atoms with Crippen LogP contribution in [0.15, 0.2) is 29.2 Å². The van der Waals surface area contributed by atoms with Crippen molar-refractivity contribution in [2.75, 3.05) is 39.3 Å². The number of carboxylic acids is 1. The van der Waals surface area contributed by atoms with E-state index in [-0.39, 0.29) is 43.5 Å². The molecule has 8 nitrogen and oxygen atoms in total. The van der Waals surface area contributed by atoms with Crippen molar-refractivity contribution in [1.82, 2.24) is 14.1 Å². The number of carboxylic acid groups (broad SMARTS) is 1. The first-order valence-electron chi connectivity index (χ1n) is 8.79. The number of carbonyl (C=O) groups excluding carboxylic acids is 1. The number of carbonyl (C=O) groups is 2. The number of nitrogens with zero attached hydrogens (tertiary/aromatic N) is 3. The molecule has 2 heterocycles. The van der Waals surface area contributed by atoms with E-state index in [1.807, 2.05) is 0 Å². The van der Waals surface area contributed by atoms with Gasteiger partial charge in [0.1, 0.15) is 11.9 Å². The predicted octanol–water partition coefficient (Wildman–Crippen LogP) is 0.208. The Morgan fingerprint density at radius 2 is 1.85 bits per heavy atom. The van der Waals surface area contributed by atoms with Crippen molar-refractivity contribution in [3.63, 3.8) is 0 Å². The summed E-state index contributed by atoms with van der Waals surface area (Å²) in [6.45, 7) is 1.27. The van der Waals surface area contributed by atoms with Gasteiger partial charge in [0.15, 0.2) is 0 Å². The molecule has 0 radical (unpaired) electrons. The number of likely N-dealkylation sites (tertiary alicyclic amines) is 1. The fraction of sp³-hybridized carbons (Fsp3) is 0.529. The highest BCUT2D eigenvalue weighted by atomic mass is 32.2. The molecule has 3 rings (SSSR count). The topological polar surface area (TPSA) is 98.2 Å². The van der Waals surface area contributed by atoms with Crippen LogP contribution in [0.2, 0.25) is 0 Å². The number of rotatable bonds is 5. The number of halogens is 1. The molecule has 0 aliphatic carbocycles. The molecule has 2 saturated heterocycles. The van der Waals surface area contributed by atoms with Gasteiger partial charge in [-0.05, 0) is 37.6 Å². The summed E-state index contributed by atoms with van der Waals surface area (Å²) < 4.78 is 39.8. The van der Waals surface area contributed by atoms with E-state index in [0.29, 0.717) is 13.0 Å². The minimum Gasteiger partial charge on any atom is -0.480 e. The number of aliphatic carboxylic acids is 1. The highest BCUT2D eigenvalue weighted by molar-refractivity contribution is 7.89. The summed E-state index contributed by atoms with van der Waals surface area (Å²) in [7, 11) is -3.81. The Hall–Kier alpha value is -2.04. The monoisotopic (exact) mass is 399 g/mol. The molecule has 0 saturated carbocycles. The zero-order valence-electron chi connectivity index (χ0n) is 14.8. The number of hydrogen-bond acceptors (Lipinski definition) is 5. The average molecular weight is 399 g/mol. The predicted molar refractivity (Wildman–Crippen MR) is 94.0 cm³/mol. The molecule has 0 spiro atoms. The second-order valence-electron chi connectivity index (χ2n) is 6.71. The highest BCUT2D eigenvalue weighted by Gasteiger charge is 2.34. The highest BCUT2D eigenvalue weighted by Crippen LogP contribution is 2.20. The van der Waals surface area contributed by atoms with E-state index in [1.54, 1.807) is 9.80 Å². The van der Waals surface area contributed by atoms with Crippen LogP contribution in [-0.2, 0) is 19.6 Å². The van der Waals surface area contributed by atoms with Crippen LogP contribution in [0, 0.1) is 5.82 Å². The fourth-order valence-electron chi connectivity index (χ4n) is 3.52. The second kappa shape index (κ2) is 7.91. The van der Waals surface area contributed by atoms with Crippen molar-refractivity contribution < 1.29 is 27.5 Å². The molecule has 2 aliphatic rings. The van der Waals surface area contributed by atoms with Crippen LogP contribution in [0.4, 0.5) is 4.39 Å². The lowest BCUT2D eigenvalue weighted by Crippen LogP contribution is -2.53. The van der Waals surface area contributed by atoms with Crippen molar-refractivity contribution in [3.8, 4) is 0 Å². The fourth-order valence-corrected chi connectivity index (χ4v) is 4.98. The van der Waals surface area contributed by atoms with Crippen molar-refractivity contribution in [1.29, 1.82) is 0 Å².